The van der Waals surface area contributed by atoms with Crippen molar-refractivity contribution in [2.24, 2.45) is 0 Å². The van der Waals surface area contributed by atoms with E-state index in [9.17, 15) is 4.79 Å². The zero-order valence-corrected chi connectivity index (χ0v) is 12.2. The van der Waals surface area contributed by atoms with Crippen molar-refractivity contribution in [3.63, 3.8) is 0 Å². The van der Waals surface area contributed by atoms with E-state index in [0.29, 0.717) is 17.4 Å². The van der Waals surface area contributed by atoms with Crippen LogP contribution in [0.2, 0.25) is 0 Å². The Hall–Kier alpha value is -2.54. The monoisotopic (exact) mass is 299 g/mol. The summed E-state index contributed by atoms with van der Waals surface area (Å²) in [6.45, 7) is 2.59. The molecule has 0 aromatic carbocycles. The van der Waals surface area contributed by atoms with Gasteiger partial charge < -0.3 is 0 Å². The van der Waals surface area contributed by atoms with Crippen LogP contribution in [0.1, 0.15) is 17.4 Å². The van der Waals surface area contributed by atoms with Crippen LogP contribution in [-0.4, -0.2) is 25.7 Å². The first kappa shape index (κ1) is 13.4. The van der Waals surface area contributed by atoms with Crippen LogP contribution < -0.4 is 5.32 Å². The molecule has 0 aliphatic heterocycles. The summed E-state index contributed by atoms with van der Waals surface area (Å²) in [5, 5.41) is 9.35. The van der Waals surface area contributed by atoms with Gasteiger partial charge in [0, 0.05) is 36.1 Å². The molecule has 3 heterocycles. The molecule has 0 fully saturated rings. The fourth-order valence-electron chi connectivity index (χ4n) is 1.93. The molecule has 0 saturated heterocycles. The summed E-state index contributed by atoms with van der Waals surface area (Å²) in [6, 6.07) is 5.45. The zero-order chi connectivity index (χ0) is 14.7. The number of aromatic nitrogens is 4. The zero-order valence-electron chi connectivity index (χ0n) is 11.4. The van der Waals surface area contributed by atoms with Crippen LogP contribution in [-0.2, 0) is 6.54 Å². The lowest BCUT2D eigenvalue weighted by molar-refractivity contribution is 0.101. The van der Waals surface area contributed by atoms with Crippen LogP contribution >= 0.6 is 11.3 Å². The molecule has 0 atom stereocenters. The molecule has 0 spiro atoms. The Kier molecular flexibility index (Phi) is 3.74. The fraction of sp³-hybridized carbons (Fsp3) is 0.143. The van der Waals surface area contributed by atoms with Gasteiger partial charge in [0.05, 0.1) is 5.69 Å². The lowest BCUT2D eigenvalue weighted by Gasteiger charge is -2.03. The van der Waals surface area contributed by atoms with Gasteiger partial charge in [-0.1, -0.05) is 0 Å². The Balaban J connectivity index is 1.77. The largest absolute Gasteiger partial charge is 0.296 e. The van der Waals surface area contributed by atoms with Crippen LogP contribution in [0.25, 0.3) is 11.3 Å². The van der Waals surface area contributed by atoms with Gasteiger partial charge in [0.25, 0.3) is 5.91 Å². The highest BCUT2D eigenvalue weighted by molar-refractivity contribution is 7.14. The summed E-state index contributed by atoms with van der Waals surface area (Å²) < 4.78 is 1.65. The third-order valence-corrected chi connectivity index (χ3v) is 3.71. The molecule has 0 unspecified atom stereocenters. The smallest absolute Gasteiger partial charge is 0.275 e. The molecule has 1 amide bonds. The molecule has 6 nitrogen and oxygen atoms in total. The number of thiazole rings is 1. The third-order valence-electron chi connectivity index (χ3n) is 2.95. The molecule has 21 heavy (non-hydrogen) atoms. The quantitative estimate of drug-likeness (QED) is 0.804. The molecule has 0 saturated carbocycles. The number of amides is 1. The van der Waals surface area contributed by atoms with E-state index in [-0.39, 0.29) is 5.91 Å². The van der Waals surface area contributed by atoms with Crippen LogP contribution in [0.3, 0.4) is 0 Å². The molecule has 1 N–H and O–H groups in total. The standard InChI is InChI=1S/C14H13N5OS/c1-2-19-12(5-8-16-19)13(20)18-14-17-11(9-21-14)10-3-6-15-7-4-10/h3-9H,2H2,1H3,(H,17,18,20). The molecule has 7 heteroatoms. The number of nitrogens with one attached hydrogen (secondary N) is 1. The minimum absolute atomic E-state index is 0.204. The number of nitrogens with zero attached hydrogens (tertiary/aromatic N) is 4. The maximum absolute atomic E-state index is 12.2. The normalized spacial score (nSPS) is 10.5. The molecule has 0 aliphatic carbocycles. The Morgan fingerprint density at radius 1 is 1.29 bits per heavy atom. The number of anilines is 1. The highest BCUT2D eigenvalue weighted by atomic mass is 32.1. The molecule has 0 bridgehead atoms. The molecule has 3 rings (SSSR count). The van der Waals surface area contributed by atoms with Crippen molar-refractivity contribution in [3.8, 4) is 11.3 Å². The predicted octanol–water partition coefficient (Wildman–Crippen LogP) is 2.67. The van der Waals surface area contributed by atoms with E-state index in [4.69, 9.17) is 0 Å². The number of carbonyl (C=O) groups excluding carboxylic acids is 1. The first-order valence-corrected chi connectivity index (χ1v) is 7.35. The second-order valence-electron chi connectivity index (χ2n) is 4.26. The van der Waals surface area contributed by atoms with Crippen molar-refractivity contribution in [2.75, 3.05) is 5.32 Å². The molecule has 106 valence electrons. The van der Waals surface area contributed by atoms with Crippen molar-refractivity contribution in [1.29, 1.82) is 0 Å². The van der Waals surface area contributed by atoms with E-state index in [1.165, 1.54) is 11.3 Å². The van der Waals surface area contributed by atoms with Crippen molar-refractivity contribution in [3.05, 3.63) is 47.9 Å². The van der Waals surface area contributed by atoms with Gasteiger partial charge in [-0.15, -0.1) is 11.3 Å². The van der Waals surface area contributed by atoms with Crippen LogP contribution in [0.4, 0.5) is 5.13 Å². The van der Waals surface area contributed by atoms with Gasteiger partial charge in [-0.05, 0) is 25.1 Å². The average Bonchev–Trinajstić information content (AvgIpc) is 3.16. The first-order valence-electron chi connectivity index (χ1n) is 6.47. The van der Waals surface area contributed by atoms with Crippen LogP contribution in [0.5, 0.6) is 0 Å². The summed E-state index contributed by atoms with van der Waals surface area (Å²) in [5.41, 5.74) is 2.32. The summed E-state index contributed by atoms with van der Waals surface area (Å²) in [5.74, 6) is -0.204. The lowest BCUT2D eigenvalue weighted by Crippen LogP contribution is -2.17. The van der Waals surface area contributed by atoms with Crippen LogP contribution in [0, 0.1) is 0 Å². The first-order chi connectivity index (χ1) is 10.3. The topological polar surface area (TPSA) is 72.7 Å². The van der Waals surface area contributed by atoms with Crippen molar-refractivity contribution >= 4 is 22.4 Å². The minimum Gasteiger partial charge on any atom is -0.296 e. The third kappa shape index (κ3) is 2.82. The van der Waals surface area contributed by atoms with Gasteiger partial charge in [-0.25, -0.2) is 4.98 Å². The van der Waals surface area contributed by atoms with E-state index < -0.39 is 0 Å². The maximum Gasteiger partial charge on any atom is 0.275 e. The Morgan fingerprint density at radius 3 is 2.86 bits per heavy atom. The molecule has 3 aromatic rings. The summed E-state index contributed by atoms with van der Waals surface area (Å²) in [4.78, 5) is 20.6. The van der Waals surface area contributed by atoms with Crippen molar-refractivity contribution < 1.29 is 4.79 Å². The van der Waals surface area contributed by atoms with Gasteiger partial charge in [0.2, 0.25) is 0 Å². The maximum atomic E-state index is 12.2. The molecule has 3 aromatic heterocycles. The summed E-state index contributed by atoms with van der Waals surface area (Å²) >= 11 is 1.39. The van der Waals surface area contributed by atoms with E-state index >= 15 is 0 Å². The summed E-state index contributed by atoms with van der Waals surface area (Å²) in [6.07, 6.45) is 5.04. The van der Waals surface area contributed by atoms with Gasteiger partial charge in [-0.3, -0.25) is 19.8 Å². The number of hydrogen-bond acceptors (Lipinski definition) is 5. The minimum atomic E-state index is -0.204. The highest BCUT2D eigenvalue weighted by Crippen LogP contribution is 2.24. The molecule has 0 radical (unpaired) electrons. The van der Waals surface area contributed by atoms with E-state index in [0.717, 1.165) is 11.3 Å². The molecular weight excluding hydrogens is 286 g/mol. The van der Waals surface area contributed by atoms with E-state index in [2.05, 4.69) is 20.4 Å². The average molecular weight is 299 g/mol. The fourth-order valence-corrected chi connectivity index (χ4v) is 2.64. The van der Waals surface area contributed by atoms with E-state index in [1.807, 2.05) is 24.4 Å². The lowest BCUT2D eigenvalue weighted by atomic mass is 10.2. The second kappa shape index (κ2) is 5.84. The molecule has 0 aliphatic rings. The van der Waals surface area contributed by atoms with Crippen molar-refractivity contribution in [1.82, 2.24) is 19.7 Å². The Morgan fingerprint density at radius 2 is 2.10 bits per heavy atom. The van der Waals surface area contributed by atoms with Gasteiger partial charge >= 0.3 is 0 Å². The Labute approximate surface area is 125 Å². The SMILES string of the molecule is CCn1nccc1C(=O)Nc1nc(-c2ccncc2)cs1. The number of carbonyl (C=O) groups is 1. The Bertz CT molecular complexity index is 750. The highest BCUT2D eigenvalue weighted by Gasteiger charge is 2.13. The number of aryl methyl sites for hydroxylation is 1. The van der Waals surface area contributed by atoms with Gasteiger partial charge in [0.15, 0.2) is 5.13 Å². The molecular formula is C14H13N5OS. The number of pyridine rings is 1. The van der Waals surface area contributed by atoms with E-state index in [1.54, 1.807) is 29.3 Å². The van der Waals surface area contributed by atoms with Crippen LogP contribution in [0.15, 0.2) is 42.2 Å². The van der Waals surface area contributed by atoms with Gasteiger partial charge in [0.1, 0.15) is 5.69 Å². The number of hydrogen-bond donors (Lipinski definition) is 1. The number of rotatable bonds is 4. The second-order valence-corrected chi connectivity index (χ2v) is 5.12. The predicted molar refractivity (Wildman–Crippen MR) is 81.2 cm³/mol. The summed E-state index contributed by atoms with van der Waals surface area (Å²) in [7, 11) is 0. The van der Waals surface area contributed by atoms with Crippen molar-refractivity contribution in [2.45, 2.75) is 13.5 Å². The van der Waals surface area contributed by atoms with Gasteiger partial charge in [-0.2, -0.15) is 5.10 Å².